The molecule has 0 bridgehead atoms. The first kappa shape index (κ1) is 19.3. The van der Waals surface area contributed by atoms with Crippen molar-refractivity contribution >= 4 is 34.8 Å². The number of halogens is 1. The maximum Gasteiger partial charge on any atom is 0.414 e. The standard InChI is InChI=1S/C17H19FN6O4S/c18-12-5-10(23-6-11(7-25)28-17(23)27)1-2-14(12)22-3-4-24(20-9-22)16-21-13(8-29-16)15(19)26/h1,5,8-9,11,14,25H,2-4,6-7H2,(H2,19,26)/t11-,14?/m1/s1. The van der Waals surface area contributed by atoms with Crippen LogP contribution in [0.2, 0.25) is 0 Å². The maximum absolute atomic E-state index is 14.8. The molecule has 0 spiro atoms. The highest BCUT2D eigenvalue weighted by Crippen LogP contribution is 2.29. The highest BCUT2D eigenvalue weighted by molar-refractivity contribution is 7.13. The summed E-state index contributed by atoms with van der Waals surface area (Å²) in [7, 11) is 0. The number of nitrogens with two attached hydrogens (primary N) is 1. The third-order valence-electron chi connectivity index (χ3n) is 4.82. The summed E-state index contributed by atoms with van der Waals surface area (Å²) in [4.78, 5) is 30.3. The van der Waals surface area contributed by atoms with Gasteiger partial charge in [-0.15, -0.1) is 11.3 Å². The first-order valence-electron chi connectivity index (χ1n) is 8.95. The number of hydrazone groups is 1. The topological polar surface area (TPSA) is 125 Å². The zero-order valence-corrected chi connectivity index (χ0v) is 16.1. The maximum atomic E-state index is 14.8. The fourth-order valence-corrected chi connectivity index (χ4v) is 4.08. The Kier molecular flexibility index (Phi) is 5.20. The number of primary amides is 1. The van der Waals surface area contributed by atoms with E-state index in [1.54, 1.807) is 21.4 Å². The Labute approximate surface area is 169 Å². The summed E-state index contributed by atoms with van der Waals surface area (Å²) in [6.07, 6.45) is 3.80. The van der Waals surface area contributed by atoms with E-state index in [0.717, 1.165) is 0 Å². The zero-order chi connectivity index (χ0) is 20.5. The molecular formula is C17H19FN6O4S. The number of amides is 2. The van der Waals surface area contributed by atoms with Gasteiger partial charge in [-0.2, -0.15) is 5.10 Å². The number of cyclic esters (lactones) is 1. The van der Waals surface area contributed by atoms with Crippen LogP contribution < -0.4 is 10.7 Å². The van der Waals surface area contributed by atoms with Gasteiger partial charge in [-0.25, -0.2) is 19.2 Å². The van der Waals surface area contributed by atoms with Crippen LogP contribution in [-0.4, -0.2) is 76.6 Å². The molecule has 3 aliphatic rings. The smallest absolute Gasteiger partial charge is 0.414 e. The van der Waals surface area contributed by atoms with Crippen LogP contribution in [0.25, 0.3) is 0 Å². The van der Waals surface area contributed by atoms with Gasteiger partial charge in [0.25, 0.3) is 5.91 Å². The third kappa shape index (κ3) is 3.80. The van der Waals surface area contributed by atoms with Gasteiger partial charge in [0.15, 0.2) is 0 Å². The van der Waals surface area contributed by atoms with Crippen LogP contribution in [0.3, 0.4) is 0 Å². The third-order valence-corrected chi connectivity index (χ3v) is 5.67. The average Bonchev–Trinajstić information content (AvgIpc) is 3.35. The van der Waals surface area contributed by atoms with Gasteiger partial charge in [0.2, 0.25) is 5.13 Å². The Morgan fingerprint density at radius 2 is 2.28 bits per heavy atom. The van der Waals surface area contributed by atoms with E-state index in [0.29, 0.717) is 30.3 Å². The Morgan fingerprint density at radius 1 is 1.45 bits per heavy atom. The number of anilines is 1. The van der Waals surface area contributed by atoms with Crippen molar-refractivity contribution in [2.45, 2.75) is 18.6 Å². The number of aromatic nitrogens is 1. The fourth-order valence-electron chi connectivity index (χ4n) is 3.28. The molecule has 0 aromatic carbocycles. The highest BCUT2D eigenvalue weighted by Gasteiger charge is 2.35. The van der Waals surface area contributed by atoms with E-state index >= 15 is 0 Å². The predicted octanol–water partition coefficient (Wildman–Crippen LogP) is 0.630. The molecule has 2 aliphatic heterocycles. The summed E-state index contributed by atoms with van der Waals surface area (Å²) in [5, 5.41) is 17.2. The predicted molar refractivity (Wildman–Crippen MR) is 103 cm³/mol. The van der Waals surface area contributed by atoms with Crippen LogP contribution in [0, 0.1) is 0 Å². The van der Waals surface area contributed by atoms with Crippen LogP contribution in [0.5, 0.6) is 0 Å². The number of carbonyl (C=O) groups is 2. The quantitative estimate of drug-likeness (QED) is 0.713. The van der Waals surface area contributed by atoms with Crippen molar-refractivity contribution in [3.05, 3.63) is 34.7 Å². The minimum Gasteiger partial charge on any atom is -0.441 e. The molecular weight excluding hydrogens is 403 g/mol. The molecule has 10 nitrogen and oxygen atoms in total. The van der Waals surface area contributed by atoms with Crippen LogP contribution >= 0.6 is 11.3 Å². The highest BCUT2D eigenvalue weighted by atomic mass is 32.1. The van der Waals surface area contributed by atoms with Crippen LogP contribution in [-0.2, 0) is 4.74 Å². The summed E-state index contributed by atoms with van der Waals surface area (Å²) >= 11 is 1.26. The average molecular weight is 422 g/mol. The lowest BCUT2D eigenvalue weighted by Crippen LogP contribution is -2.44. The van der Waals surface area contributed by atoms with Crippen LogP contribution in [0.1, 0.15) is 16.9 Å². The minimum absolute atomic E-state index is 0.186. The Morgan fingerprint density at radius 3 is 2.86 bits per heavy atom. The largest absolute Gasteiger partial charge is 0.441 e. The van der Waals surface area contributed by atoms with Gasteiger partial charge >= 0.3 is 6.09 Å². The molecule has 0 saturated carbocycles. The number of ether oxygens (including phenoxy) is 1. The second-order valence-electron chi connectivity index (χ2n) is 6.68. The molecule has 2 amide bonds. The Bertz CT molecular complexity index is 915. The molecule has 1 aromatic heterocycles. The normalized spacial score (nSPS) is 24.5. The van der Waals surface area contributed by atoms with Crippen LogP contribution in [0.4, 0.5) is 14.3 Å². The molecule has 154 valence electrons. The number of aliphatic hydroxyl groups excluding tert-OH is 1. The number of rotatable bonds is 5. The molecule has 1 unspecified atom stereocenters. The summed E-state index contributed by atoms with van der Waals surface area (Å²) in [5.41, 5.74) is 5.83. The Balaban J connectivity index is 1.40. The summed E-state index contributed by atoms with van der Waals surface area (Å²) < 4.78 is 19.8. The van der Waals surface area contributed by atoms with Gasteiger partial charge in [0.05, 0.1) is 25.7 Å². The molecule has 29 heavy (non-hydrogen) atoms. The van der Waals surface area contributed by atoms with Crippen molar-refractivity contribution in [3.8, 4) is 0 Å². The summed E-state index contributed by atoms with van der Waals surface area (Å²) in [6.45, 7) is 0.892. The van der Waals surface area contributed by atoms with Crippen molar-refractivity contribution in [2.75, 3.05) is 31.3 Å². The number of carbonyl (C=O) groups excluding carboxylic acids is 2. The molecule has 12 heteroatoms. The Hall–Kier alpha value is -2.99. The molecule has 0 radical (unpaired) electrons. The van der Waals surface area contributed by atoms with Crippen molar-refractivity contribution < 1.29 is 23.8 Å². The van der Waals surface area contributed by atoms with E-state index in [-0.39, 0.29) is 24.7 Å². The molecule has 1 aliphatic carbocycles. The van der Waals surface area contributed by atoms with E-state index in [1.807, 2.05) is 0 Å². The minimum atomic E-state index is -0.598. The molecule has 3 heterocycles. The van der Waals surface area contributed by atoms with Gasteiger partial charge < -0.3 is 20.5 Å². The van der Waals surface area contributed by atoms with Gasteiger partial charge in [-0.1, -0.05) is 6.08 Å². The number of hydrogen-bond donors (Lipinski definition) is 2. The lowest BCUT2D eigenvalue weighted by Gasteiger charge is -2.35. The van der Waals surface area contributed by atoms with Crippen molar-refractivity contribution in [1.29, 1.82) is 0 Å². The molecule has 3 N–H and O–H groups in total. The lowest BCUT2D eigenvalue weighted by molar-refractivity contribution is 0.0951. The van der Waals surface area contributed by atoms with Crippen molar-refractivity contribution in [1.82, 2.24) is 14.8 Å². The van der Waals surface area contributed by atoms with Crippen molar-refractivity contribution in [3.63, 3.8) is 0 Å². The molecule has 1 fully saturated rings. The number of aliphatic hydroxyl groups is 1. The van der Waals surface area contributed by atoms with Gasteiger partial charge in [0, 0.05) is 17.6 Å². The second-order valence-corrected chi connectivity index (χ2v) is 7.52. The number of nitrogens with zero attached hydrogens (tertiary/aromatic N) is 5. The fraction of sp³-hybridized carbons (Fsp3) is 0.412. The number of thiazole rings is 1. The van der Waals surface area contributed by atoms with E-state index < -0.39 is 24.1 Å². The lowest BCUT2D eigenvalue weighted by atomic mass is 10.0. The number of allylic oxidation sites excluding steroid dienone is 1. The first-order valence-corrected chi connectivity index (χ1v) is 9.83. The van der Waals surface area contributed by atoms with Gasteiger partial charge in [0.1, 0.15) is 24.0 Å². The summed E-state index contributed by atoms with van der Waals surface area (Å²) in [5.74, 6) is -0.979. The molecule has 4 rings (SSSR count). The van der Waals surface area contributed by atoms with Gasteiger partial charge in [-0.3, -0.25) is 9.69 Å². The zero-order valence-electron chi connectivity index (χ0n) is 15.3. The first-order chi connectivity index (χ1) is 14.0. The van der Waals surface area contributed by atoms with Gasteiger partial charge in [-0.05, 0) is 12.5 Å². The molecule has 1 aromatic rings. The second kappa shape index (κ2) is 7.79. The monoisotopic (exact) mass is 422 g/mol. The SMILES string of the molecule is NC(=O)c1csc(N2CCN(C3CC=C(N4C[C@H](CO)OC4=O)C=C3F)C=N2)n1. The van der Waals surface area contributed by atoms with Crippen LogP contribution in [0.15, 0.2) is 34.2 Å². The van der Waals surface area contributed by atoms with Crippen molar-refractivity contribution in [2.24, 2.45) is 10.8 Å². The molecule has 1 saturated heterocycles. The number of hydrogen-bond acceptors (Lipinski definition) is 9. The molecule has 2 atom stereocenters. The van der Waals surface area contributed by atoms with E-state index in [2.05, 4.69) is 10.1 Å². The van der Waals surface area contributed by atoms with E-state index in [9.17, 15) is 14.0 Å². The summed E-state index contributed by atoms with van der Waals surface area (Å²) in [6, 6.07) is -0.519. The van der Waals surface area contributed by atoms with E-state index in [4.69, 9.17) is 15.6 Å². The van der Waals surface area contributed by atoms with E-state index in [1.165, 1.54) is 28.7 Å².